The van der Waals surface area contributed by atoms with Crippen molar-refractivity contribution >= 4 is 0 Å². The minimum absolute atomic E-state index is 0.0883. The van der Waals surface area contributed by atoms with E-state index < -0.39 is 11.7 Å². The van der Waals surface area contributed by atoms with Crippen molar-refractivity contribution in [3.63, 3.8) is 0 Å². The molecule has 1 N–H and O–H groups in total. The van der Waals surface area contributed by atoms with Crippen molar-refractivity contribution in [2.75, 3.05) is 7.05 Å². The molecule has 0 spiro atoms. The van der Waals surface area contributed by atoms with Gasteiger partial charge in [0.15, 0.2) is 0 Å². The molecule has 1 heterocycles. The second-order valence-electron chi connectivity index (χ2n) is 4.21. The van der Waals surface area contributed by atoms with E-state index in [1.54, 1.807) is 19.2 Å². The second-order valence-corrected chi connectivity index (χ2v) is 4.21. The third kappa shape index (κ3) is 3.77. The molecular formula is C14H14F3NO2. The molecule has 0 unspecified atom stereocenters. The Morgan fingerprint density at radius 1 is 1.15 bits per heavy atom. The van der Waals surface area contributed by atoms with Crippen LogP contribution < -0.4 is 10.1 Å². The highest BCUT2D eigenvalue weighted by Gasteiger charge is 2.30. The molecular weight excluding hydrogens is 271 g/mol. The van der Waals surface area contributed by atoms with E-state index in [2.05, 4.69) is 5.32 Å². The molecule has 0 atom stereocenters. The first kappa shape index (κ1) is 14.5. The summed E-state index contributed by atoms with van der Waals surface area (Å²) in [6.07, 6.45) is -4.37. The molecule has 0 fully saturated rings. The van der Waals surface area contributed by atoms with Gasteiger partial charge in [-0.25, -0.2) is 0 Å². The summed E-state index contributed by atoms with van der Waals surface area (Å²) < 4.78 is 48.4. The average molecular weight is 285 g/mol. The summed E-state index contributed by atoms with van der Waals surface area (Å²) in [4.78, 5) is 0. The number of nitrogens with one attached hydrogen (secondary N) is 1. The quantitative estimate of drug-likeness (QED) is 0.911. The van der Waals surface area contributed by atoms with E-state index in [1.165, 1.54) is 12.1 Å². The lowest BCUT2D eigenvalue weighted by atomic mass is 10.2. The number of rotatable bonds is 5. The number of ether oxygens (including phenoxy) is 1. The van der Waals surface area contributed by atoms with E-state index in [9.17, 15) is 13.2 Å². The summed E-state index contributed by atoms with van der Waals surface area (Å²) in [6.45, 7) is 0.675. The fourth-order valence-corrected chi connectivity index (χ4v) is 1.69. The maximum atomic E-state index is 12.5. The summed E-state index contributed by atoms with van der Waals surface area (Å²) in [7, 11) is 1.79. The molecule has 108 valence electrons. The second kappa shape index (κ2) is 6.00. The van der Waals surface area contributed by atoms with Gasteiger partial charge in [0, 0.05) is 0 Å². The first-order valence-electron chi connectivity index (χ1n) is 6.01. The van der Waals surface area contributed by atoms with E-state index in [0.717, 1.165) is 17.9 Å². The van der Waals surface area contributed by atoms with Crippen molar-refractivity contribution in [3.05, 3.63) is 53.5 Å². The van der Waals surface area contributed by atoms with Crippen LogP contribution in [0.2, 0.25) is 0 Å². The monoisotopic (exact) mass is 285 g/mol. The van der Waals surface area contributed by atoms with Gasteiger partial charge in [-0.3, -0.25) is 0 Å². The zero-order valence-electron chi connectivity index (χ0n) is 10.8. The van der Waals surface area contributed by atoms with Crippen LogP contribution in [-0.4, -0.2) is 7.05 Å². The average Bonchev–Trinajstić information content (AvgIpc) is 2.84. The lowest BCUT2D eigenvalue weighted by Crippen LogP contribution is -2.05. The van der Waals surface area contributed by atoms with E-state index in [-0.39, 0.29) is 12.4 Å². The van der Waals surface area contributed by atoms with Crippen LogP contribution in [0.5, 0.6) is 5.75 Å². The Morgan fingerprint density at radius 3 is 2.60 bits per heavy atom. The fourth-order valence-electron chi connectivity index (χ4n) is 1.69. The number of halogens is 3. The number of hydrogen-bond acceptors (Lipinski definition) is 3. The highest BCUT2D eigenvalue weighted by atomic mass is 19.4. The molecule has 0 bridgehead atoms. The third-order valence-corrected chi connectivity index (χ3v) is 2.61. The Hall–Kier alpha value is -1.95. The minimum Gasteiger partial charge on any atom is -0.486 e. The maximum Gasteiger partial charge on any atom is 0.416 e. The molecule has 0 saturated carbocycles. The van der Waals surface area contributed by atoms with Gasteiger partial charge in [-0.05, 0) is 37.4 Å². The molecule has 1 aromatic carbocycles. The van der Waals surface area contributed by atoms with E-state index in [4.69, 9.17) is 9.15 Å². The van der Waals surface area contributed by atoms with Gasteiger partial charge in [0.05, 0.1) is 12.1 Å². The zero-order valence-corrected chi connectivity index (χ0v) is 10.8. The van der Waals surface area contributed by atoms with Gasteiger partial charge in [-0.1, -0.05) is 6.07 Å². The third-order valence-electron chi connectivity index (χ3n) is 2.61. The molecule has 20 heavy (non-hydrogen) atoms. The van der Waals surface area contributed by atoms with Crippen LogP contribution in [0, 0.1) is 0 Å². The van der Waals surface area contributed by atoms with Crippen LogP contribution in [0.3, 0.4) is 0 Å². The molecule has 0 aliphatic heterocycles. The van der Waals surface area contributed by atoms with Gasteiger partial charge in [0.25, 0.3) is 0 Å². The van der Waals surface area contributed by atoms with Gasteiger partial charge < -0.3 is 14.5 Å². The van der Waals surface area contributed by atoms with Crippen molar-refractivity contribution < 1.29 is 22.3 Å². The van der Waals surface area contributed by atoms with Gasteiger partial charge in [-0.15, -0.1) is 0 Å². The number of benzene rings is 1. The molecule has 6 heteroatoms. The Kier molecular flexibility index (Phi) is 4.34. The van der Waals surface area contributed by atoms with E-state index in [1.807, 2.05) is 0 Å². The van der Waals surface area contributed by atoms with Crippen molar-refractivity contribution in [1.82, 2.24) is 5.32 Å². The number of hydrogen-bond donors (Lipinski definition) is 1. The van der Waals surface area contributed by atoms with Crippen LogP contribution in [0.4, 0.5) is 13.2 Å². The first-order valence-corrected chi connectivity index (χ1v) is 6.01. The van der Waals surface area contributed by atoms with Crippen LogP contribution in [0.25, 0.3) is 0 Å². The van der Waals surface area contributed by atoms with Crippen molar-refractivity contribution in [2.24, 2.45) is 0 Å². The number of furan rings is 1. The zero-order chi connectivity index (χ0) is 14.6. The van der Waals surface area contributed by atoms with Crippen LogP contribution >= 0.6 is 0 Å². The van der Waals surface area contributed by atoms with Gasteiger partial charge in [-0.2, -0.15) is 13.2 Å². The Labute approximate surface area is 114 Å². The summed E-state index contributed by atoms with van der Waals surface area (Å²) in [5.41, 5.74) is -0.731. The van der Waals surface area contributed by atoms with E-state index >= 15 is 0 Å². The van der Waals surface area contributed by atoms with Gasteiger partial charge in [0.1, 0.15) is 23.9 Å². The normalized spacial score (nSPS) is 11.6. The van der Waals surface area contributed by atoms with E-state index in [0.29, 0.717) is 12.3 Å². The summed E-state index contributed by atoms with van der Waals surface area (Å²) >= 11 is 0. The summed E-state index contributed by atoms with van der Waals surface area (Å²) in [5, 5.41) is 2.94. The largest absolute Gasteiger partial charge is 0.486 e. The van der Waals surface area contributed by atoms with Gasteiger partial charge in [0.2, 0.25) is 0 Å². The number of alkyl halides is 3. The summed E-state index contributed by atoms with van der Waals surface area (Å²) in [6, 6.07) is 8.29. The minimum atomic E-state index is -4.37. The lowest BCUT2D eigenvalue weighted by molar-refractivity contribution is -0.137. The van der Waals surface area contributed by atoms with Crippen LogP contribution in [-0.2, 0) is 19.3 Å². The molecule has 0 saturated heterocycles. The lowest BCUT2D eigenvalue weighted by Gasteiger charge is -2.09. The molecule has 1 aromatic heterocycles. The topological polar surface area (TPSA) is 34.4 Å². The highest BCUT2D eigenvalue weighted by molar-refractivity contribution is 5.30. The molecule has 3 nitrogen and oxygen atoms in total. The predicted octanol–water partition coefficient (Wildman–Crippen LogP) is 3.60. The molecule has 0 amide bonds. The van der Waals surface area contributed by atoms with Crippen molar-refractivity contribution in [2.45, 2.75) is 19.3 Å². The molecule has 2 aromatic rings. The standard InChI is InChI=1S/C14H14F3NO2/c1-18-8-12-5-6-13(20-12)9-19-11-4-2-3-10(7-11)14(15,16)17/h2-7,18H,8-9H2,1H3. The van der Waals surface area contributed by atoms with Crippen molar-refractivity contribution in [3.8, 4) is 5.75 Å². The predicted molar refractivity (Wildman–Crippen MR) is 67.2 cm³/mol. The summed E-state index contributed by atoms with van der Waals surface area (Å²) in [5.74, 6) is 1.47. The van der Waals surface area contributed by atoms with Gasteiger partial charge >= 0.3 is 6.18 Å². The molecule has 2 rings (SSSR count). The SMILES string of the molecule is CNCc1ccc(COc2cccc(C(F)(F)F)c2)o1. The van der Waals surface area contributed by atoms with Crippen LogP contribution in [0.1, 0.15) is 17.1 Å². The maximum absolute atomic E-state index is 12.5. The Bertz CT molecular complexity index is 564. The molecule has 0 radical (unpaired) electrons. The first-order chi connectivity index (χ1) is 9.49. The van der Waals surface area contributed by atoms with Crippen LogP contribution in [0.15, 0.2) is 40.8 Å². The highest BCUT2D eigenvalue weighted by Crippen LogP contribution is 2.31. The Balaban J connectivity index is 1.99. The fraction of sp³-hybridized carbons (Fsp3) is 0.286. The smallest absolute Gasteiger partial charge is 0.416 e. The molecule has 0 aliphatic carbocycles. The molecule has 0 aliphatic rings. The van der Waals surface area contributed by atoms with Crippen molar-refractivity contribution in [1.29, 1.82) is 0 Å². The Morgan fingerprint density at radius 2 is 1.90 bits per heavy atom.